The van der Waals surface area contributed by atoms with E-state index in [2.05, 4.69) is 22.5 Å². The molecule has 0 spiro atoms. The molecular weight excluding hydrogens is 262 g/mol. The van der Waals surface area contributed by atoms with Gasteiger partial charge in [-0.1, -0.05) is 0 Å². The van der Waals surface area contributed by atoms with Crippen molar-refractivity contribution in [2.45, 2.75) is 11.7 Å². The molecule has 1 amide bonds. The summed E-state index contributed by atoms with van der Waals surface area (Å²) < 4.78 is 5.33. The second-order valence-corrected chi connectivity index (χ2v) is 5.57. The summed E-state index contributed by atoms with van der Waals surface area (Å²) in [5.41, 5.74) is 1.08. The first-order chi connectivity index (χ1) is 9.24. The Hall–Kier alpha value is -1.27. The van der Waals surface area contributed by atoms with Crippen molar-refractivity contribution in [3.63, 3.8) is 0 Å². The zero-order valence-corrected chi connectivity index (χ0v) is 11.6. The summed E-state index contributed by atoms with van der Waals surface area (Å²) in [6.07, 6.45) is 2.33. The van der Waals surface area contributed by atoms with Gasteiger partial charge in [0.05, 0.1) is 25.1 Å². The molecule has 0 radical (unpaired) electrons. The lowest BCUT2D eigenvalue weighted by Gasteiger charge is -2.28. The monoisotopic (exact) mass is 279 g/mol. The number of carbonyl (C=O) groups is 1. The minimum absolute atomic E-state index is 0.103. The van der Waals surface area contributed by atoms with Crippen molar-refractivity contribution in [1.82, 2.24) is 4.98 Å². The van der Waals surface area contributed by atoms with Gasteiger partial charge >= 0.3 is 0 Å². The van der Waals surface area contributed by atoms with E-state index in [1.165, 1.54) is 0 Å². The lowest BCUT2D eigenvalue weighted by atomic mass is 10.3. The molecule has 2 fully saturated rings. The van der Waals surface area contributed by atoms with Crippen LogP contribution in [0.4, 0.5) is 11.5 Å². The molecule has 0 saturated carbocycles. The van der Waals surface area contributed by atoms with E-state index in [-0.39, 0.29) is 11.2 Å². The van der Waals surface area contributed by atoms with Gasteiger partial charge in [-0.2, -0.15) is 12.6 Å². The molecule has 5 nitrogen and oxygen atoms in total. The van der Waals surface area contributed by atoms with Crippen molar-refractivity contribution < 1.29 is 9.53 Å². The van der Waals surface area contributed by atoms with E-state index in [0.717, 1.165) is 37.8 Å². The quantitative estimate of drug-likeness (QED) is 0.819. The second kappa shape index (κ2) is 5.38. The third-order valence-corrected chi connectivity index (χ3v) is 3.84. The first-order valence-electron chi connectivity index (χ1n) is 6.51. The molecule has 2 aliphatic rings. The highest BCUT2D eigenvalue weighted by atomic mass is 32.1. The predicted molar refractivity (Wildman–Crippen MR) is 77.0 cm³/mol. The van der Waals surface area contributed by atoms with Gasteiger partial charge in [0, 0.05) is 31.3 Å². The third kappa shape index (κ3) is 2.69. The molecule has 1 aromatic rings. The highest BCUT2D eigenvalue weighted by Gasteiger charge is 2.29. The molecule has 19 heavy (non-hydrogen) atoms. The number of morpholine rings is 1. The maximum Gasteiger partial charge on any atom is 0.229 e. The van der Waals surface area contributed by atoms with Crippen LogP contribution in [-0.2, 0) is 9.53 Å². The van der Waals surface area contributed by atoms with Crippen LogP contribution in [0.2, 0.25) is 0 Å². The fourth-order valence-electron chi connectivity index (χ4n) is 2.46. The van der Waals surface area contributed by atoms with Crippen molar-refractivity contribution in [3.8, 4) is 0 Å². The van der Waals surface area contributed by atoms with Crippen molar-refractivity contribution >= 4 is 30.0 Å². The molecule has 3 rings (SSSR count). The number of hydrogen-bond acceptors (Lipinski definition) is 5. The van der Waals surface area contributed by atoms with Gasteiger partial charge in [-0.15, -0.1) is 0 Å². The van der Waals surface area contributed by atoms with Gasteiger partial charge in [-0.25, -0.2) is 4.98 Å². The summed E-state index contributed by atoms with van der Waals surface area (Å²) in [5.74, 6) is 0.824. The highest BCUT2D eigenvalue weighted by Crippen LogP contribution is 2.24. The number of ether oxygens (including phenoxy) is 1. The summed E-state index contributed by atoms with van der Waals surface area (Å²) in [6, 6.07) is 3.93. The topological polar surface area (TPSA) is 45.7 Å². The average Bonchev–Trinajstić information content (AvgIpc) is 2.79. The van der Waals surface area contributed by atoms with E-state index in [0.29, 0.717) is 13.0 Å². The van der Waals surface area contributed by atoms with E-state index in [9.17, 15) is 4.79 Å². The highest BCUT2D eigenvalue weighted by molar-refractivity contribution is 7.81. The molecule has 2 saturated heterocycles. The fourth-order valence-corrected chi connectivity index (χ4v) is 2.78. The Morgan fingerprint density at radius 3 is 2.68 bits per heavy atom. The Morgan fingerprint density at radius 2 is 2.11 bits per heavy atom. The predicted octanol–water partition coefficient (Wildman–Crippen LogP) is 0.953. The zero-order chi connectivity index (χ0) is 13.2. The van der Waals surface area contributed by atoms with Crippen LogP contribution in [0.25, 0.3) is 0 Å². The molecule has 1 unspecified atom stereocenters. The van der Waals surface area contributed by atoms with Crippen molar-refractivity contribution in [1.29, 1.82) is 0 Å². The summed E-state index contributed by atoms with van der Waals surface area (Å²) in [4.78, 5) is 20.1. The van der Waals surface area contributed by atoms with Crippen LogP contribution in [-0.4, -0.2) is 49.0 Å². The van der Waals surface area contributed by atoms with Crippen LogP contribution in [0.1, 0.15) is 6.42 Å². The first kappa shape index (κ1) is 12.7. The summed E-state index contributed by atoms with van der Waals surface area (Å²) >= 11 is 4.35. The van der Waals surface area contributed by atoms with Crippen LogP contribution in [0.3, 0.4) is 0 Å². The molecule has 1 atom stereocenters. The van der Waals surface area contributed by atoms with Crippen molar-refractivity contribution in [2.75, 3.05) is 42.6 Å². The number of pyridine rings is 1. The maximum atomic E-state index is 11.8. The average molecular weight is 279 g/mol. The normalized spacial score (nSPS) is 24.1. The molecular formula is C13H17N3O2S. The number of aromatic nitrogens is 1. The molecule has 2 aliphatic heterocycles. The maximum absolute atomic E-state index is 11.8. The number of thiol groups is 1. The fraction of sp³-hybridized carbons (Fsp3) is 0.538. The lowest BCUT2D eigenvalue weighted by Crippen LogP contribution is -2.36. The minimum Gasteiger partial charge on any atom is -0.378 e. The van der Waals surface area contributed by atoms with Gasteiger partial charge in [0.2, 0.25) is 5.91 Å². The van der Waals surface area contributed by atoms with Gasteiger partial charge in [-0.3, -0.25) is 9.69 Å². The van der Waals surface area contributed by atoms with Gasteiger partial charge in [0.25, 0.3) is 0 Å². The molecule has 0 aliphatic carbocycles. The second-order valence-electron chi connectivity index (χ2n) is 4.84. The van der Waals surface area contributed by atoms with E-state index >= 15 is 0 Å². The number of nitrogens with zero attached hydrogens (tertiary/aromatic N) is 3. The van der Waals surface area contributed by atoms with Crippen LogP contribution < -0.4 is 9.80 Å². The van der Waals surface area contributed by atoms with Crippen LogP contribution in [0.5, 0.6) is 0 Å². The van der Waals surface area contributed by atoms with E-state index < -0.39 is 0 Å². The number of rotatable bonds is 2. The molecule has 0 aromatic carbocycles. The molecule has 102 valence electrons. The van der Waals surface area contributed by atoms with Crippen molar-refractivity contribution in [3.05, 3.63) is 18.3 Å². The Balaban J connectivity index is 1.73. The zero-order valence-electron chi connectivity index (χ0n) is 10.7. The molecule has 1 aromatic heterocycles. The van der Waals surface area contributed by atoms with Gasteiger partial charge in [0.15, 0.2) is 0 Å². The largest absolute Gasteiger partial charge is 0.378 e. The summed E-state index contributed by atoms with van der Waals surface area (Å²) in [7, 11) is 0. The number of amides is 1. The Kier molecular flexibility index (Phi) is 3.61. The third-order valence-electron chi connectivity index (χ3n) is 3.49. The van der Waals surface area contributed by atoms with E-state index in [1.807, 2.05) is 18.3 Å². The molecule has 0 N–H and O–H groups in total. The first-order valence-corrected chi connectivity index (χ1v) is 7.03. The number of hydrogen-bond donors (Lipinski definition) is 1. The lowest BCUT2D eigenvalue weighted by molar-refractivity contribution is -0.117. The van der Waals surface area contributed by atoms with Gasteiger partial charge in [-0.05, 0) is 12.1 Å². The number of anilines is 2. The smallest absolute Gasteiger partial charge is 0.229 e. The van der Waals surface area contributed by atoms with Crippen LogP contribution in [0.15, 0.2) is 18.3 Å². The minimum atomic E-state index is 0.103. The van der Waals surface area contributed by atoms with Crippen molar-refractivity contribution in [2.24, 2.45) is 0 Å². The summed E-state index contributed by atoms with van der Waals surface area (Å²) in [6.45, 7) is 3.94. The Bertz CT molecular complexity index is 459. The van der Waals surface area contributed by atoms with Gasteiger partial charge < -0.3 is 9.64 Å². The standard InChI is InChI=1S/C13H17N3O2S/c17-13-7-11(19)9-16(13)12-2-1-10(8-14-12)15-3-5-18-6-4-15/h1-2,8,11,19H,3-7,9H2. The van der Waals surface area contributed by atoms with Gasteiger partial charge in [0.1, 0.15) is 5.82 Å². The van der Waals surface area contributed by atoms with Crippen LogP contribution >= 0.6 is 12.6 Å². The SMILES string of the molecule is O=C1CC(S)CN1c1ccc(N2CCOCC2)cn1. The molecule has 3 heterocycles. The molecule has 6 heteroatoms. The van der Waals surface area contributed by atoms with E-state index in [1.54, 1.807) is 4.90 Å². The Morgan fingerprint density at radius 1 is 1.32 bits per heavy atom. The van der Waals surface area contributed by atoms with Crippen LogP contribution in [0, 0.1) is 0 Å². The Labute approximate surface area is 118 Å². The number of carbonyl (C=O) groups excluding carboxylic acids is 1. The molecule has 0 bridgehead atoms. The van der Waals surface area contributed by atoms with E-state index in [4.69, 9.17) is 4.74 Å². The summed E-state index contributed by atoms with van der Waals surface area (Å²) in [5, 5.41) is 0.119.